The Morgan fingerprint density at radius 1 is 0.975 bits per heavy atom. The lowest BCUT2D eigenvalue weighted by Gasteiger charge is -2.24. The van der Waals surface area contributed by atoms with Crippen LogP contribution in [0.3, 0.4) is 0 Å². The molecule has 0 unspecified atom stereocenters. The molecule has 2 aliphatic carbocycles. The molecule has 0 aliphatic heterocycles. The number of hydrogen-bond acceptors (Lipinski definition) is 7. The number of fused-ring (bicyclic) bond motifs is 7. The van der Waals surface area contributed by atoms with E-state index >= 15 is 0 Å². The molecule has 0 amide bonds. The Morgan fingerprint density at radius 3 is 2.33 bits per heavy atom. The van der Waals surface area contributed by atoms with E-state index in [0.717, 1.165) is 32.1 Å². The quantitative estimate of drug-likeness (QED) is 0.139. The summed E-state index contributed by atoms with van der Waals surface area (Å²) >= 11 is 6.71. The van der Waals surface area contributed by atoms with Gasteiger partial charge >= 0.3 is 0 Å². The SMILES string of the molecule is CCCc1c(Cl)c2c(O)c3ccc4c(OC)c5oc6c(c(=O)c5c(O)c4c3c(O)c2c(=O)n1C)CCCC61CC1. The van der Waals surface area contributed by atoms with E-state index in [-0.39, 0.29) is 65.3 Å². The van der Waals surface area contributed by atoms with Gasteiger partial charge in [-0.2, -0.15) is 0 Å². The third-order valence-electron chi connectivity index (χ3n) is 9.06. The molecule has 40 heavy (non-hydrogen) atoms. The number of pyridine rings is 1. The molecule has 0 atom stereocenters. The number of rotatable bonds is 3. The van der Waals surface area contributed by atoms with Crippen molar-refractivity contribution in [3.63, 3.8) is 0 Å². The molecule has 2 heterocycles. The maximum Gasteiger partial charge on any atom is 0.262 e. The van der Waals surface area contributed by atoms with Gasteiger partial charge in [-0.25, -0.2) is 0 Å². The van der Waals surface area contributed by atoms with E-state index in [0.29, 0.717) is 35.2 Å². The van der Waals surface area contributed by atoms with Crippen LogP contribution >= 0.6 is 11.6 Å². The monoisotopic (exact) mass is 561 g/mol. The van der Waals surface area contributed by atoms with Crippen molar-refractivity contribution in [2.75, 3.05) is 7.11 Å². The minimum Gasteiger partial charge on any atom is -0.507 e. The van der Waals surface area contributed by atoms with Crippen molar-refractivity contribution in [2.45, 2.75) is 57.3 Å². The Hall–Kier alpha value is -3.91. The summed E-state index contributed by atoms with van der Waals surface area (Å²) in [7, 11) is 3.02. The summed E-state index contributed by atoms with van der Waals surface area (Å²) in [6.45, 7) is 1.95. The number of phenols is 3. The van der Waals surface area contributed by atoms with E-state index in [1.54, 1.807) is 19.2 Å². The minimum atomic E-state index is -0.537. The Balaban J connectivity index is 1.71. The topological polar surface area (TPSA) is 122 Å². The summed E-state index contributed by atoms with van der Waals surface area (Å²) in [4.78, 5) is 27.4. The van der Waals surface area contributed by atoms with Crippen LogP contribution in [0, 0.1) is 0 Å². The molecule has 0 saturated heterocycles. The highest BCUT2D eigenvalue weighted by Gasteiger charge is 2.50. The molecule has 2 aliphatic rings. The van der Waals surface area contributed by atoms with Crippen LogP contribution in [0.2, 0.25) is 5.02 Å². The average Bonchev–Trinajstić information content (AvgIpc) is 3.71. The first kappa shape index (κ1) is 25.1. The van der Waals surface area contributed by atoms with E-state index in [4.69, 9.17) is 20.8 Å². The number of nitrogens with zero attached hydrogens (tertiary/aromatic N) is 1. The van der Waals surface area contributed by atoms with Gasteiger partial charge in [0.1, 0.15) is 28.4 Å². The highest BCUT2D eigenvalue weighted by Crippen LogP contribution is 2.57. The maximum absolute atomic E-state index is 13.9. The van der Waals surface area contributed by atoms with Crippen molar-refractivity contribution in [1.82, 2.24) is 4.57 Å². The summed E-state index contributed by atoms with van der Waals surface area (Å²) < 4.78 is 13.5. The molecular formula is C31H28ClNO7. The fraction of sp³-hybridized carbons (Fsp3) is 0.355. The van der Waals surface area contributed by atoms with E-state index in [9.17, 15) is 24.9 Å². The molecule has 3 N–H and O–H groups in total. The molecule has 0 radical (unpaired) electrons. The van der Waals surface area contributed by atoms with E-state index in [1.165, 1.54) is 11.7 Å². The van der Waals surface area contributed by atoms with Crippen LogP contribution in [0.25, 0.3) is 43.3 Å². The van der Waals surface area contributed by atoms with E-state index in [2.05, 4.69) is 0 Å². The van der Waals surface area contributed by atoms with Crippen molar-refractivity contribution in [1.29, 1.82) is 0 Å². The summed E-state index contributed by atoms with van der Waals surface area (Å²) in [5.74, 6) is -0.231. The van der Waals surface area contributed by atoms with Crippen LogP contribution in [0.4, 0.5) is 0 Å². The van der Waals surface area contributed by atoms with E-state index < -0.39 is 17.1 Å². The molecule has 5 aromatic rings. The number of phenolic OH excluding ortho intramolecular Hbond substituents is 3. The van der Waals surface area contributed by atoms with E-state index in [1.807, 2.05) is 6.92 Å². The number of hydrogen-bond donors (Lipinski definition) is 3. The van der Waals surface area contributed by atoms with Gasteiger partial charge in [0.25, 0.3) is 5.56 Å². The van der Waals surface area contributed by atoms with Gasteiger partial charge in [-0.3, -0.25) is 9.59 Å². The zero-order valence-electron chi connectivity index (χ0n) is 22.4. The zero-order valence-corrected chi connectivity index (χ0v) is 23.2. The van der Waals surface area contributed by atoms with Crippen LogP contribution in [-0.2, 0) is 25.3 Å². The molecule has 3 aromatic carbocycles. The fourth-order valence-corrected chi connectivity index (χ4v) is 7.30. The first-order valence-corrected chi connectivity index (χ1v) is 13.9. The Morgan fingerprint density at radius 2 is 1.65 bits per heavy atom. The average molecular weight is 562 g/mol. The van der Waals surface area contributed by atoms with Gasteiger partial charge in [0.15, 0.2) is 16.8 Å². The molecule has 1 fully saturated rings. The number of aromatic hydroxyl groups is 3. The van der Waals surface area contributed by atoms with Gasteiger partial charge in [0, 0.05) is 45.3 Å². The van der Waals surface area contributed by atoms with Crippen LogP contribution in [0.5, 0.6) is 23.0 Å². The highest BCUT2D eigenvalue weighted by atomic mass is 35.5. The lowest BCUT2D eigenvalue weighted by molar-refractivity contribution is 0.382. The molecule has 1 spiro atoms. The molecule has 8 nitrogen and oxygen atoms in total. The van der Waals surface area contributed by atoms with Crippen molar-refractivity contribution in [3.05, 3.63) is 54.8 Å². The second-order valence-electron chi connectivity index (χ2n) is 11.2. The normalized spacial score (nSPS) is 15.9. The number of ether oxygens (including phenoxy) is 1. The van der Waals surface area contributed by atoms with Gasteiger partial charge in [0.2, 0.25) is 0 Å². The Bertz CT molecular complexity index is 2090. The minimum absolute atomic E-state index is 0.0207. The standard InChI is InChI=1S/C31H28ClNO7/c1-4-6-16-22(32)19-20(30(38)33(16)2)25(36)17-13(23(19)34)8-9-14-18(17)26(37)21-24(35)15-7-5-10-31(11-12-31)29(15)40-28(21)27(14)39-3/h8-9,34,36-37H,4-7,10-12H2,1-3H3. The second-order valence-corrected chi connectivity index (χ2v) is 11.6. The molecular weight excluding hydrogens is 534 g/mol. The molecule has 0 bridgehead atoms. The van der Waals surface area contributed by atoms with Crippen molar-refractivity contribution in [3.8, 4) is 23.0 Å². The third kappa shape index (κ3) is 2.97. The lowest BCUT2D eigenvalue weighted by Crippen LogP contribution is -2.23. The van der Waals surface area contributed by atoms with Crippen molar-refractivity contribution >= 4 is 54.9 Å². The summed E-state index contributed by atoms with van der Waals surface area (Å²) in [6, 6.07) is 3.21. The van der Waals surface area contributed by atoms with Crippen LogP contribution in [0.15, 0.2) is 26.1 Å². The summed E-state index contributed by atoms with van der Waals surface area (Å²) in [6.07, 6.45) is 5.51. The van der Waals surface area contributed by atoms with Gasteiger partial charge in [0.05, 0.1) is 22.9 Å². The first-order chi connectivity index (χ1) is 19.2. The summed E-state index contributed by atoms with van der Waals surface area (Å²) in [5.41, 5.74) is 0.266. The largest absolute Gasteiger partial charge is 0.507 e. The van der Waals surface area contributed by atoms with Gasteiger partial charge in [-0.1, -0.05) is 24.9 Å². The smallest absolute Gasteiger partial charge is 0.262 e. The predicted octanol–water partition coefficient (Wildman–Crippen LogP) is 6.05. The van der Waals surface area contributed by atoms with Crippen LogP contribution < -0.4 is 15.7 Å². The highest BCUT2D eigenvalue weighted by molar-refractivity contribution is 6.38. The van der Waals surface area contributed by atoms with Gasteiger partial charge < -0.3 is 29.0 Å². The number of aromatic nitrogens is 1. The first-order valence-electron chi connectivity index (χ1n) is 13.6. The molecule has 7 rings (SSSR count). The number of benzene rings is 3. The van der Waals surface area contributed by atoms with Gasteiger partial charge in [-0.05, 0) is 50.7 Å². The fourth-order valence-electron chi connectivity index (χ4n) is 6.89. The second kappa shape index (κ2) is 8.30. The van der Waals surface area contributed by atoms with Crippen LogP contribution in [-0.4, -0.2) is 27.0 Å². The number of halogens is 1. The molecule has 2 aromatic heterocycles. The molecule has 206 valence electrons. The van der Waals surface area contributed by atoms with Crippen molar-refractivity contribution < 1.29 is 24.5 Å². The number of methoxy groups -OCH3 is 1. The van der Waals surface area contributed by atoms with Crippen molar-refractivity contribution in [2.24, 2.45) is 7.05 Å². The Kier molecular flexibility index (Phi) is 5.21. The maximum atomic E-state index is 13.9. The van der Waals surface area contributed by atoms with Crippen LogP contribution in [0.1, 0.15) is 56.0 Å². The lowest BCUT2D eigenvalue weighted by atomic mass is 9.84. The zero-order chi connectivity index (χ0) is 28.2. The molecule has 9 heteroatoms. The molecule has 1 saturated carbocycles. The van der Waals surface area contributed by atoms with Gasteiger partial charge in [-0.15, -0.1) is 0 Å². The predicted molar refractivity (Wildman–Crippen MR) is 155 cm³/mol. The Labute approximate surface area is 233 Å². The third-order valence-corrected chi connectivity index (χ3v) is 9.46. The summed E-state index contributed by atoms with van der Waals surface area (Å²) in [5, 5.41) is 35.5.